The number of aryl methyl sites for hydroxylation is 1. The van der Waals surface area contributed by atoms with Crippen molar-refractivity contribution in [2.75, 3.05) is 5.75 Å². The van der Waals surface area contributed by atoms with E-state index in [1.165, 1.54) is 17.9 Å². The van der Waals surface area contributed by atoms with E-state index in [0.29, 0.717) is 6.04 Å². The maximum atomic E-state index is 4.15. The van der Waals surface area contributed by atoms with E-state index in [1.54, 1.807) is 0 Å². The van der Waals surface area contributed by atoms with Crippen LogP contribution in [0.1, 0.15) is 19.0 Å². The minimum atomic E-state index is 0.685. The molecule has 3 nitrogen and oxygen atoms in total. The first-order chi connectivity index (χ1) is 6.75. The third-order valence-electron chi connectivity index (χ3n) is 2.69. The highest BCUT2D eigenvalue weighted by Crippen LogP contribution is 2.25. The Bertz CT molecular complexity index is 297. The monoisotopic (exact) mass is 211 g/mol. The molecule has 2 atom stereocenters. The topological polar surface area (TPSA) is 29.9 Å². The Morgan fingerprint density at radius 1 is 1.71 bits per heavy atom. The average molecular weight is 211 g/mol. The van der Waals surface area contributed by atoms with Crippen molar-refractivity contribution >= 4 is 11.8 Å². The Kier molecular flexibility index (Phi) is 3.13. The lowest BCUT2D eigenvalue weighted by Gasteiger charge is -2.11. The number of nitrogens with one attached hydrogen (secondary N) is 1. The molecule has 1 N–H and O–H groups in total. The van der Waals surface area contributed by atoms with Crippen LogP contribution in [0.25, 0.3) is 0 Å². The summed E-state index contributed by atoms with van der Waals surface area (Å²) in [5, 5.41) is 8.54. The molecule has 2 heterocycles. The fourth-order valence-electron chi connectivity index (χ4n) is 1.78. The van der Waals surface area contributed by atoms with Gasteiger partial charge in [-0.2, -0.15) is 16.9 Å². The van der Waals surface area contributed by atoms with Crippen LogP contribution in [-0.4, -0.2) is 26.8 Å². The summed E-state index contributed by atoms with van der Waals surface area (Å²) in [5.74, 6) is 1.25. The second-order valence-corrected chi connectivity index (χ2v) is 5.38. The fourth-order valence-corrected chi connectivity index (χ4v) is 2.97. The van der Waals surface area contributed by atoms with Crippen molar-refractivity contribution in [3.63, 3.8) is 0 Å². The fraction of sp³-hybridized carbons (Fsp3) is 0.700. The second-order valence-electron chi connectivity index (χ2n) is 3.90. The number of hydrogen-bond donors (Lipinski definition) is 1. The number of aromatic nitrogens is 2. The molecule has 0 amide bonds. The van der Waals surface area contributed by atoms with Crippen LogP contribution >= 0.6 is 11.8 Å². The van der Waals surface area contributed by atoms with Crippen LogP contribution in [0.15, 0.2) is 12.3 Å². The molecule has 1 aromatic rings. The predicted octanol–water partition coefficient (Wildman–Crippen LogP) is 1.40. The molecule has 0 aromatic carbocycles. The van der Waals surface area contributed by atoms with Crippen molar-refractivity contribution in [3.05, 3.63) is 18.0 Å². The van der Waals surface area contributed by atoms with E-state index < -0.39 is 0 Å². The Balaban J connectivity index is 1.80. The number of thioether (sulfide) groups is 1. The highest BCUT2D eigenvalue weighted by molar-refractivity contribution is 8.00. The van der Waals surface area contributed by atoms with E-state index in [1.807, 2.05) is 17.9 Å². The van der Waals surface area contributed by atoms with E-state index >= 15 is 0 Å². The highest BCUT2D eigenvalue weighted by Gasteiger charge is 2.21. The summed E-state index contributed by atoms with van der Waals surface area (Å²) in [4.78, 5) is 0. The zero-order valence-corrected chi connectivity index (χ0v) is 9.55. The molecule has 1 aliphatic heterocycles. The molecule has 0 spiro atoms. The van der Waals surface area contributed by atoms with Crippen molar-refractivity contribution in [2.45, 2.75) is 31.2 Å². The van der Waals surface area contributed by atoms with E-state index in [-0.39, 0.29) is 0 Å². The van der Waals surface area contributed by atoms with Gasteiger partial charge in [-0.05, 0) is 12.5 Å². The number of hydrogen-bond acceptors (Lipinski definition) is 3. The first-order valence-corrected chi connectivity index (χ1v) is 6.12. The molecule has 1 saturated heterocycles. The number of nitrogens with zero attached hydrogens (tertiary/aromatic N) is 2. The van der Waals surface area contributed by atoms with Crippen molar-refractivity contribution in [1.82, 2.24) is 15.1 Å². The lowest BCUT2D eigenvalue weighted by Crippen LogP contribution is -2.29. The summed E-state index contributed by atoms with van der Waals surface area (Å²) in [6.45, 7) is 3.24. The van der Waals surface area contributed by atoms with Gasteiger partial charge in [-0.25, -0.2) is 0 Å². The second kappa shape index (κ2) is 4.36. The normalized spacial score (nSPS) is 27.0. The summed E-state index contributed by atoms with van der Waals surface area (Å²) >= 11 is 2.06. The Hall–Kier alpha value is -0.480. The largest absolute Gasteiger partial charge is 0.308 e. The summed E-state index contributed by atoms with van der Waals surface area (Å²) < 4.78 is 1.93. The zero-order valence-electron chi connectivity index (χ0n) is 8.73. The number of rotatable bonds is 3. The van der Waals surface area contributed by atoms with Crippen LogP contribution in [-0.2, 0) is 13.6 Å². The van der Waals surface area contributed by atoms with Gasteiger partial charge in [0.05, 0.1) is 5.69 Å². The van der Waals surface area contributed by atoms with Gasteiger partial charge < -0.3 is 5.32 Å². The van der Waals surface area contributed by atoms with Crippen LogP contribution in [0.3, 0.4) is 0 Å². The summed E-state index contributed by atoms with van der Waals surface area (Å²) in [6, 6.07) is 2.75. The molecule has 78 valence electrons. The SMILES string of the molecule is CC1CC(NCc2ccnn2C)CS1. The minimum Gasteiger partial charge on any atom is -0.308 e. The van der Waals surface area contributed by atoms with Crippen LogP contribution in [0.4, 0.5) is 0 Å². The molecule has 1 aromatic heterocycles. The standard InChI is InChI=1S/C10H17N3S/c1-8-5-9(7-14-8)11-6-10-3-4-12-13(10)2/h3-4,8-9,11H,5-7H2,1-2H3. The van der Waals surface area contributed by atoms with Crippen molar-refractivity contribution in [1.29, 1.82) is 0 Å². The van der Waals surface area contributed by atoms with Gasteiger partial charge in [0, 0.05) is 36.8 Å². The molecule has 1 aliphatic rings. The quantitative estimate of drug-likeness (QED) is 0.819. The van der Waals surface area contributed by atoms with E-state index in [0.717, 1.165) is 11.8 Å². The highest BCUT2D eigenvalue weighted by atomic mass is 32.2. The van der Waals surface area contributed by atoms with Gasteiger partial charge in [-0.3, -0.25) is 4.68 Å². The molecule has 0 radical (unpaired) electrons. The minimum absolute atomic E-state index is 0.685. The average Bonchev–Trinajstić information content (AvgIpc) is 2.72. The molecular weight excluding hydrogens is 194 g/mol. The first-order valence-electron chi connectivity index (χ1n) is 5.07. The van der Waals surface area contributed by atoms with Crippen LogP contribution in [0.5, 0.6) is 0 Å². The zero-order chi connectivity index (χ0) is 9.97. The summed E-state index contributed by atoms with van der Waals surface area (Å²) in [7, 11) is 1.99. The Morgan fingerprint density at radius 2 is 2.57 bits per heavy atom. The van der Waals surface area contributed by atoms with E-state index in [4.69, 9.17) is 0 Å². The lowest BCUT2D eigenvalue weighted by molar-refractivity contribution is 0.521. The molecule has 4 heteroatoms. The van der Waals surface area contributed by atoms with Crippen LogP contribution < -0.4 is 5.32 Å². The first kappa shape index (κ1) is 10.1. The maximum Gasteiger partial charge on any atom is 0.0518 e. The summed E-state index contributed by atoms with van der Waals surface area (Å²) in [5.41, 5.74) is 1.26. The van der Waals surface area contributed by atoms with Gasteiger partial charge >= 0.3 is 0 Å². The Morgan fingerprint density at radius 3 is 3.14 bits per heavy atom. The Labute approximate surface area is 89.3 Å². The molecular formula is C10H17N3S. The van der Waals surface area contributed by atoms with E-state index in [2.05, 4.69) is 35.2 Å². The molecule has 0 aliphatic carbocycles. The van der Waals surface area contributed by atoms with Crippen molar-refractivity contribution in [3.8, 4) is 0 Å². The van der Waals surface area contributed by atoms with Gasteiger partial charge in [0.15, 0.2) is 0 Å². The predicted molar refractivity (Wildman–Crippen MR) is 60.4 cm³/mol. The molecule has 14 heavy (non-hydrogen) atoms. The third-order valence-corrected chi connectivity index (χ3v) is 4.05. The molecule has 2 rings (SSSR count). The van der Waals surface area contributed by atoms with Gasteiger partial charge in [0.25, 0.3) is 0 Å². The summed E-state index contributed by atoms with van der Waals surface area (Å²) in [6.07, 6.45) is 3.14. The van der Waals surface area contributed by atoms with Gasteiger partial charge in [-0.15, -0.1) is 0 Å². The maximum absolute atomic E-state index is 4.15. The molecule has 2 unspecified atom stereocenters. The van der Waals surface area contributed by atoms with Crippen molar-refractivity contribution in [2.24, 2.45) is 7.05 Å². The molecule has 0 saturated carbocycles. The van der Waals surface area contributed by atoms with Gasteiger partial charge in [0.1, 0.15) is 0 Å². The van der Waals surface area contributed by atoms with Gasteiger partial charge in [-0.1, -0.05) is 6.92 Å². The van der Waals surface area contributed by atoms with Crippen molar-refractivity contribution < 1.29 is 0 Å². The molecule has 0 bridgehead atoms. The third kappa shape index (κ3) is 2.30. The van der Waals surface area contributed by atoms with Crippen LogP contribution in [0, 0.1) is 0 Å². The van der Waals surface area contributed by atoms with Crippen LogP contribution in [0.2, 0.25) is 0 Å². The molecule has 1 fully saturated rings. The lowest BCUT2D eigenvalue weighted by atomic mass is 10.2. The van der Waals surface area contributed by atoms with E-state index in [9.17, 15) is 0 Å². The smallest absolute Gasteiger partial charge is 0.0518 e. The van der Waals surface area contributed by atoms with Gasteiger partial charge in [0.2, 0.25) is 0 Å².